The Morgan fingerprint density at radius 2 is 2.05 bits per heavy atom. The molecule has 0 aromatic rings. The predicted molar refractivity (Wildman–Crippen MR) is 88.4 cm³/mol. The van der Waals surface area contributed by atoms with Crippen LogP contribution in [0.1, 0.15) is 38.5 Å². The normalized spacial score (nSPS) is 11.7. The van der Waals surface area contributed by atoms with E-state index in [0.29, 0.717) is 0 Å². The van der Waals surface area contributed by atoms with Crippen LogP contribution in [0.5, 0.6) is 0 Å². The molecule has 0 rings (SSSR count). The van der Waals surface area contributed by atoms with Crippen LogP contribution in [-0.4, -0.2) is 27.0 Å². The highest BCUT2D eigenvalue weighted by Gasteiger charge is 2.07. The first-order valence-electron chi connectivity index (χ1n) is 7.22. The number of unbranched alkanes of at least 4 members (excludes halogenated alkanes) is 3. The van der Waals surface area contributed by atoms with Gasteiger partial charge in [0.15, 0.2) is 0 Å². The van der Waals surface area contributed by atoms with E-state index in [1.807, 2.05) is 13.1 Å². The molecule has 0 aromatic carbocycles. The van der Waals surface area contributed by atoms with E-state index in [4.69, 9.17) is 5.73 Å². The molecule has 1 unspecified atom stereocenters. The molecule has 3 nitrogen and oxygen atoms in total. The van der Waals surface area contributed by atoms with Gasteiger partial charge in [-0.15, -0.1) is 13.2 Å². The third-order valence-corrected chi connectivity index (χ3v) is 3.15. The summed E-state index contributed by atoms with van der Waals surface area (Å²) in [6.45, 7) is 12.7. The Balaban J connectivity index is 3.53. The molecule has 0 saturated carbocycles. The van der Waals surface area contributed by atoms with E-state index in [1.54, 1.807) is 0 Å². The van der Waals surface area contributed by atoms with Crippen molar-refractivity contribution >= 4 is 7.41 Å². The van der Waals surface area contributed by atoms with E-state index in [2.05, 4.69) is 30.3 Å². The summed E-state index contributed by atoms with van der Waals surface area (Å²) in [5, 5.41) is 6.43. The summed E-state index contributed by atoms with van der Waals surface area (Å²) in [5.74, 6) is 0. The van der Waals surface area contributed by atoms with Crippen molar-refractivity contribution in [2.24, 2.45) is 5.73 Å². The van der Waals surface area contributed by atoms with Crippen molar-refractivity contribution in [1.29, 1.82) is 0 Å². The highest BCUT2D eigenvalue weighted by molar-refractivity contribution is 6.42. The minimum atomic E-state index is 0.0543. The van der Waals surface area contributed by atoms with Crippen molar-refractivity contribution in [3.8, 4) is 0 Å². The SMILES string of the molecule is C=CCCCCCNC(=C)CCC(N)C(=C)BNC. The number of rotatable bonds is 13. The van der Waals surface area contributed by atoms with Gasteiger partial charge >= 0.3 is 0 Å². The van der Waals surface area contributed by atoms with Gasteiger partial charge in [0.2, 0.25) is 7.41 Å². The fraction of sp³-hybridized carbons (Fsp3) is 0.600. The molecule has 0 aromatic heterocycles. The lowest BCUT2D eigenvalue weighted by Gasteiger charge is -2.15. The summed E-state index contributed by atoms with van der Waals surface area (Å²) in [6, 6.07) is 0.0543. The zero-order valence-electron chi connectivity index (χ0n) is 12.5. The van der Waals surface area contributed by atoms with E-state index in [1.165, 1.54) is 19.3 Å². The van der Waals surface area contributed by atoms with Gasteiger partial charge in [0.05, 0.1) is 0 Å². The first kappa shape index (κ1) is 18.0. The van der Waals surface area contributed by atoms with Crippen LogP contribution in [0, 0.1) is 0 Å². The fourth-order valence-electron chi connectivity index (χ4n) is 1.84. The van der Waals surface area contributed by atoms with Gasteiger partial charge in [-0.2, -0.15) is 0 Å². The molecule has 0 radical (unpaired) electrons. The van der Waals surface area contributed by atoms with Crippen molar-refractivity contribution in [1.82, 2.24) is 10.5 Å². The van der Waals surface area contributed by atoms with Crippen LogP contribution in [0.4, 0.5) is 0 Å². The number of hydrogen-bond donors (Lipinski definition) is 3. The molecule has 1 atom stereocenters. The van der Waals surface area contributed by atoms with Crippen molar-refractivity contribution in [2.75, 3.05) is 13.6 Å². The summed E-state index contributed by atoms with van der Waals surface area (Å²) in [6.07, 6.45) is 8.57. The molecule has 0 aliphatic rings. The molecule has 0 fully saturated rings. The lowest BCUT2D eigenvalue weighted by atomic mass is 9.78. The lowest BCUT2D eigenvalue weighted by molar-refractivity contribution is 0.618. The predicted octanol–water partition coefficient (Wildman–Crippen LogP) is 2.03. The second-order valence-corrected chi connectivity index (χ2v) is 5.00. The van der Waals surface area contributed by atoms with Gasteiger partial charge in [0, 0.05) is 18.3 Å². The summed E-state index contributed by atoms with van der Waals surface area (Å²) >= 11 is 0. The average molecular weight is 263 g/mol. The average Bonchev–Trinajstić information content (AvgIpc) is 2.40. The van der Waals surface area contributed by atoms with Crippen molar-refractivity contribution < 1.29 is 0 Å². The van der Waals surface area contributed by atoms with Gasteiger partial charge < -0.3 is 16.3 Å². The van der Waals surface area contributed by atoms with Crippen molar-refractivity contribution in [3.63, 3.8) is 0 Å². The van der Waals surface area contributed by atoms with Crippen LogP contribution >= 0.6 is 0 Å². The molecule has 4 N–H and O–H groups in total. The monoisotopic (exact) mass is 263 g/mol. The van der Waals surface area contributed by atoms with Crippen molar-refractivity contribution in [2.45, 2.75) is 44.6 Å². The molecule has 0 bridgehead atoms. The van der Waals surface area contributed by atoms with Crippen LogP contribution in [-0.2, 0) is 0 Å². The molecule has 0 aliphatic heterocycles. The zero-order chi connectivity index (χ0) is 14.5. The van der Waals surface area contributed by atoms with Gasteiger partial charge in [-0.05, 0) is 39.2 Å². The molecule has 0 saturated heterocycles. The maximum absolute atomic E-state index is 6.04. The summed E-state index contributed by atoms with van der Waals surface area (Å²) in [5.41, 5.74) is 8.18. The molecule has 108 valence electrons. The highest BCUT2D eigenvalue weighted by atomic mass is 14.9. The maximum atomic E-state index is 6.04. The van der Waals surface area contributed by atoms with E-state index in [0.717, 1.165) is 44.4 Å². The highest BCUT2D eigenvalue weighted by Crippen LogP contribution is 2.07. The first-order chi connectivity index (χ1) is 9.11. The topological polar surface area (TPSA) is 50.1 Å². The Hall–Kier alpha value is -0.995. The van der Waals surface area contributed by atoms with E-state index < -0.39 is 0 Å². The van der Waals surface area contributed by atoms with Gasteiger partial charge in [-0.3, -0.25) is 0 Å². The molecule has 19 heavy (non-hydrogen) atoms. The van der Waals surface area contributed by atoms with Crippen LogP contribution in [0.25, 0.3) is 0 Å². The molecule has 0 amide bonds. The van der Waals surface area contributed by atoms with Gasteiger partial charge in [-0.1, -0.05) is 24.5 Å². The second-order valence-electron chi connectivity index (χ2n) is 5.00. The Labute approximate surface area is 119 Å². The smallest absolute Gasteiger partial charge is 0.232 e. The quantitative estimate of drug-likeness (QED) is 0.271. The Morgan fingerprint density at radius 3 is 2.68 bits per heavy atom. The Bertz CT molecular complexity index is 277. The Kier molecular flexibility index (Phi) is 11.4. The van der Waals surface area contributed by atoms with Crippen LogP contribution in [0.15, 0.2) is 37.0 Å². The van der Waals surface area contributed by atoms with E-state index in [-0.39, 0.29) is 6.04 Å². The van der Waals surface area contributed by atoms with Gasteiger partial charge in [0.1, 0.15) is 0 Å². The Morgan fingerprint density at radius 1 is 1.32 bits per heavy atom. The molecule has 4 heteroatoms. The fourth-order valence-corrected chi connectivity index (χ4v) is 1.84. The van der Waals surface area contributed by atoms with E-state index in [9.17, 15) is 0 Å². The van der Waals surface area contributed by atoms with E-state index >= 15 is 0 Å². The summed E-state index contributed by atoms with van der Waals surface area (Å²) in [4.78, 5) is 0. The van der Waals surface area contributed by atoms with Crippen LogP contribution in [0.2, 0.25) is 0 Å². The summed E-state index contributed by atoms with van der Waals surface area (Å²) in [7, 11) is 2.69. The minimum absolute atomic E-state index is 0.0543. The first-order valence-corrected chi connectivity index (χ1v) is 7.22. The maximum Gasteiger partial charge on any atom is 0.232 e. The molecule has 0 aliphatic carbocycles. The second kappa shape index (κ2) is 12.1. The van der Waals surface area contributed by atoms with Crippen LogP contribution < -0.4 is 16.3 Å². The number of nitrogens with two attached hydrogens (primary N) is 1. The standard InChI is InChI=1S/C15H30BN3/c1-5-6-7-8-9-12-19-13(2)10-11-15(17)14(3)16-18-4/h5,15-16,18-19H,1-3,6-12,17H2,4H3. The van der Waals surface area contributed by atoms with Gasteiger partial charge in [-0.25, -0.2) is 0 Å². The molecular weight excluding hydrogens is 233 g/mol. The van der Waals surface area contributed by atoms with Crippen molar-refractivity contribution in [3.05, 3.63) is 37.0 Å². The number of nitrogens with one attached hydrogen (secondary N) is 2. The lowest BCUT2D eigenvalue weighted by Crippen LogP contribution is -2.30. The molecular formula is C15H30BN3. The molecule has 0 heterocycles. The zero-order valence-corrected chi connectivity index (χ0v) is 12.5. The third-order valence-electron chi connectivity index (χ3n) is 3.15. The minimum Gasteiger partial charge on any atom is -0.389 e. The number of hydrogen-bond acceptors (Lipinski definition) is 3. The van der Waals surface area contributed by atoms with Gasteiger partial charge in [0.25, 0.3) is 0 Å². The largest absolute Gasteiger partial charge is 0.389 e. The summed E-state index contributed by atoms with van der Waals surface area (Å²) < 4.78 is 0. The third kappa shape index (κ3) is 10.6. The molecule has 0 spiro atoms. The number of allylic oxidation sites excluding steroid dienone is 2. The van der Waals surface area contributed by atoms with Crippen LogP contribution in [0.3, 0.4) is 0 Å².